The summed E-state index contributed by atoms with van der Waals surface area (Å²) in [6.45, 7) is 0. The number of halogens is 1. The minimum Gasteiger partial charge on any atom is -0.618 e. The van der Waals surface area contributed by atoms with Gasteiger partial charge < -0.3 is 10.3 Å². The summed E-state index contributed by atoms with van der Waals surface area (Å²) in [6.07, 6.45) is 3.66. The number of benzene rings is 4. The maximum Gasteiger partial charge on any atom is 0.335 e. The van der Waals surface area contributed by atoms with Crippen molar-refractivity contribution in [2.75, 3.05) is 0 Å². The first-order chi connectivity index (χ1) is 20.5. The Morgan fingerprint density at radius 3 is 2.38 bits per heavy atom. The number of hydrogen-bond acceptors (Lipinski definition) is 5. The molecule has 1 N–H and O–H groups in total. The zero-order valence-electron chi connectivity index (χ0n) is 22.2. The molecule has 1 unspecified atom stereocenters. The molecule has 2 heterocycles. The summed E-state index contributed by atoms with van der Waals surface area (Å²) in [5, 5.41) is 35.0. The number of carbonyl (C=O) groups is 1. The van der Waals surface area contributed by atoms with Crippen molar-refractivity contribution in [1.29, 1.82) is 0 Å². The largest absolute Gasteiger partial charge is 0.618 e. The second-order valence-electron chi connectivity index (χ2n) is 9.83. The van der Waals surface area contributed by atoms with E-state index in [1.54, 1.807) is 42.6 Å². The molecule has 6 aromatic rings. The minimum absolute atomic E-state index is 0.229. The van der Waals surface area contributed by atoms with Crippen LogP contribution in [0.15, 0.2) is 122 Å². The van der Waals surface area contributed by atoms with E-state index in [0.717, 1.165) is 32.5 Å². The molecule has 2 aromatic heterocycles. The fourth-order valence-electron chi connectivity index (χ4n) is 5.12. The predicted octanol–water partition coefficient (Wildman–Crippen LogP) is 6.36. The van der Waals surface area contributed by atoms with Crippen LogP contribution in [0, 0.1) is 5.21 Å². The van der Waals surface area contributed by atoms with Gasteiger partial charge in [-0.3, -0.25) is 0 Å². The van der Waals surface area contributed by atoms with Crippen LogP contribution in [0.25, 0.3) is 27.9 Å². The van der Waals surface area contributed by atoms with E-state index in [9.17, 15) is 15.1 Å². The molecule has 1 atom stereocenters. The number of hydrogen-bond donors (Lipinski definition) is 1. The van der Waals surface area contributed by atoms with E-state index in [1.165, 1.54) is 11.0 Å². The zero-order valence-corrected chi connectivity index (χ0v) is 23.0. The SMILES string of the molecule is O=C(O)c1ccc(-c2cccc(C(Cc3ccccc3)c3ccc(-c4cc(Cl)ccc4-n4cnnn4)c[n+]3[O-])c2)cc1. The van der Waals surface area contributed by atoms with Crippen molar-refractivity contribution in [2.45, 2.75) is 12.3 Å². The van der Waals surface area contributed by atoms with Crippen LogP contribution < -0.4 is 4.73 Å². The van der Waals surface area contributed by atoms with E-state index in [-0.39, 0.29) is 11.5 Å². The molecule has 0 fully saturated rings. The van der Waals surface area contributed by atoms with Gasteiger partial charge in [0.1, 0.15) is 6.33 Å². The second kappa shape index (κ2) is 11.6. The van der Waals surface area contributed by atoms with Crippen molar-refractivity contribution in [3.05, 3.63) is 154 Å². The molecule has 9 heteroatoms. The van der Waals surface area contributed by atoms with E-state index in [1.807, 2.05) is 54.6 Å². The highest BCUT2D eigenvalue weighted by Gasteiger charge is 2.24. The molecule has 0 radical (unpaired) electrons. The minimum atomic E-state index is -0.968. The van der Waals surface area contributed by atoms with Gasteiger partial charge in [0.25, 0.3) is 0 Å². The van der Waals surface area contributed by atoms with E-state index in [4.69, 9.17) is 11.6 Å². The van der Waals surface area contributed by atoms with Crippen molar-refractivity contribution in [3.8, 4) is 27.9 Å². The molecule has 206 valence electrons. The Morgan fingerprint density at radius 2 is 1.67 bits per heavy atom. The molecule has 0 amide bonds. The van der Waals surface area contributed by atoms with Crippen molar-refractivity contribution in [3.63, 3.8) is 0 Å². The molecule has 0 aliphatic carbocycles. The third-order valence-electron chi connectivity index (χ3n) is 7.20. The maximum absolute atomic E-state index is 13.7. The maximum atomic E-state index is 13.7. The van der Waals surface area contributed by atoms with E-state index < -0.39 is 5.97 Å². The summed E-state index contributed by atoms with van der Waals surface area (Å²) in [5.41, 5.74) is 6.79. The zero-order chi connectivity index (χ0) is 29.1. The van der Waals surface area contributed by atoms with E-state index in [0.29, 0.717) is 28.4 Å². The number of tetrazole rings is 1. The number of carboxylic acids is 1. The van der Waals surface area contributed by atoms with Gasteiger partial charge in [0.15, 0.2) is 6.20 Å². The van der Waals surface area contributed by atoms with Crippen molar-refractivity contribution in [1.82, 2.24) is 20.2 Å². The average Bonchev–Trinajstić information content (AvgIpc) is 3.56. The Hall–Kier alpha value is -5.34. The van der Waals surface area contributed by atoms with Crippen LogP contribution in [0.4, 0.5) is 0 Å². The number of rotatable bonds is 8. The molecule has 0 aliphatic rings. The molecule has 42 heavy (non-hydrogen) atoms. The smallest absolute Gasteiger partial charge is 0.335 e. The Bertz CT molecular complexity index is 1860. The molecule has 0 aliphatic heterocycles. The number of nitrogens with zero attached hydrogens (tertiary/aromatic N) is 5. The molecule has 4 aromatic carbocycles. The van der Waals surface area contributed by atoms with Crippen LogP contribution in [0.2, 0.25) is 5.02 Å². The van der Waals surface area contributed by atoms with E-state index in [2.05, 4.69) is 33.7 Å². The Balaban J connectivity index is 1.42. The van der Waals surface area contributed by atoms with Crippen LogP contribution in [0.5, 0.6) is 0 Å². The van der Waals surface area contributed by atoms with Crippen molar-refractivity contribution < 1.29 is 14.6 Å². The molecule has 0 saturated carbocycles. The van der Waals surface area contributed by atoms with Crippen LogP contribution in [-0.4, -0.2) is 31.3 Å². The Morgan fingerprint density at radius 1 is 0.881 bits per heavy atom. The highest BCUT2D eigenvalue weighted by atomic mass is 35.5. The van der Waals surface area contributed by atoms with Crippen molar-refractivity contribution >= 4 is 17.6 Å². The quantitative estimate of drug-likeness (QED) is 0.168. The summed E-state index contributed by atoms with van der Waals surface area (Å²) >= 11 is 6.33. The molecule has 8 nitrogen and oxygen atoms in total. The summed E-state index contributed by atoms with van der Waals surface area (Å²) in [5.74, 6) is -1.22. The van der Waals surface area contributed by atoms with Crippen LogP contribution in [0.3, 0.4) is 0 Å². The first kappa shape index (κ1) is 26.9. The predicted molar refractivity (Wildman–Crippen MR) is 159 cm³/mol. The number of pyridine rings is 1. The number of carboxylic acid groups (broad SMARTS) is 1. The molecule has 6 rings (SSSR count). The standard InChI is InChI=1S/C33H24ClN5O3/c34-28-14-16-31(38-21-35-36-37-38)30(19-28)27-13-15-32(39(42)20-27)29(17-22-5-2-1-3-6-22)26-8-4-7-25(18-26)23-9-11-24(12-10-23)33(40)41/h1-16,18-21,29H,17H2,(H,40,41). The first-order valence-electron chi connectivity index (χ1n) is 13.2. The second-order valence-corrected chi connectivity index (χ2v) is 10.3. The lowest BCUT2D eigenvalue weighted by atomic mass is 9.87. The van der Waals surface area contributed by atoms with Gasteiger partial charge in [0, 0.05) is 22.2 Å². The molecular formula is C33H24ClN5O3. The fourth-order valence-corrected chi connectivity index (χ4v) is 5.29. The monoisotopic (exact) mass is 573 g/mol. The third-order valence-corrected chi connectivity index (χ3v) is 7.44. The van der Waals surface area contributed by atoms with Crippen LogP contribution in [-0.2, 0) is 6.42 Å². The number of aromatic nitrogens is 5. The topological polar surface area (TPSA) is 108 Å². The Labute approximate surface area is 246 Å². The average molecular weight is 574 g/mol. The summed E-state index contributed by atoms with van der Waals surface area (Å²) in [4.78, 5) is 11.3. The molecule has 0 saturated heterocycles. The van der Waals surface area contributed by atoms with Gasteiger partial charge in [-0.2, -0.15) is 9.41 Å². The van der Waals surface area contributed by atoms with Gasteiger partial charge in [-0.1, -0.05) is 78.3 Å². The first-order valence-corrected chi connectivity index (χ1v) is 13.6. The van der Waals surface area contributed by atoms with Crippen molar-refractivity contribution in [2.24, 2.45) is 0 Å². The molecular weight excluding hydrogens is 550 g/mol. The van der Waals surface area contributed by atoms with Crippen LogP contribution >= 0.6 is 11.6 Å². The van der Waals surface area contributed by atoms with Gasteiger partial charge >= 0.3 is 5.97 Å². The summed E-state index contributed by atoms with van der Waals surface area (Å²) < 4.78 is 2.45. The van der Waals surface area contributed by atoms with Gasteiger partial charge in [0.05, 0.1) is 17.2 Å². The lowest BCUT2D eigenvalue weighted by Gasteiger charge is -2.19. The molecule has 0 spiro atoms. The molecule has 0 bridgehead atoms. The van der Waals surface area contributed by atoms with Crippen LogP contribution in [0.1, 0.15) is 33.1 Å². The lowest BCUT2D eigenvalue weighted by molar-refractivity contribution is -0.614. The highest BCUT2D eigenvalue weighted by molar-refractivity contribution is 6.31. The van der Waals surface area contributed by atoms with Gasteiger partial charge in [-0.25, -0.2) is 4.79 Å². The normalized spacial score (nSPS) is 11.7. The lowest BCUT2D eigenvalue weighted by Crippen LogP contribution is -2.34. The fraction of sp³-hybridized carbons (Fsp3) is 0.0606. The summed E-state index contributed by atoms with van der Waals surface area (Å²) in [6, 6.07) is 34.0. The number of aromatic carboxylic acids is 1. The van der Waals surface area contributed by atoms with Gasteiger partial charge in [-0.15, -0.1) is 5.10 Å². The third kappa shape index (κ3) is 5.61. The highest BCUT2D eigenvalue weighted by Crippen LogP contribution is 2.33. The Kier molecular flexibility index (Phi) is 7.45. The van der Waals surface area contributed by atoms with E-state index >= 15 is 0 Å². The van der Waals surface area contributed by atoms with Gasteiger partial charge in [0.2, 0.25) is 5.69 Å². The van der Waals surface area contributed by atoms with Gasteiger partial charge in [-0.05, 0) is 75.5 Å². The summed E-state index contributed by atoms with van der Waals surface area (Å²) in [7, 11) is 0.